The van der Waals surface area contributed by atoms with Gasteiger partial charge in [0.2, 0.25) is 0 Å². The fraction of sp³-hybridized carbons (Fsp3) is 0.417. The molecule has 0 heterocycles. The Balaban J connectivity index is 2.07. The van der Waals surface area contributed by atoms with Crippen LogP contribution in [-0.4, -0.2) is 30.4 Å². The van der Waals surface area contributed by atoms with E-state index in [2.05, 4.69) is 0 Å². The zero-order chi connectivity index (χ0) is 11.8. The third kappa shape index (κ3) is 4.79. The number of hydrogen-bond acceptors (Lipinski definition) is 3. The maximum absolute atomic E-state index is 10.4. The van der Waals surface area contributed by atoms with Gasteiger partial charge in [0.15, 0.2) is 6.10 Å². The zero-order valence-electron chi connectivity index (χ0n) is 9.26. The second-order valence-electron chi connectivity index (χ2n) is 3.37. The van der Waals surface area contributed by atoms with Gasteiger partial charge in [-0.15, -0.1) is 0 Å². The largest absolute Gasteiger partial charge is 0.494 e. The molecule has 0 spiro atoms. The van der Waals surface area contributed by atoms with Crippen LogP contribution >= 0.6 is 0 Å². The van der Waals surface area contributed by atoms with E-state index < -0.39 is 12.1 Å². The SMILES string of the molecule is C[C@@H](OCCCOc1ccccc1)C(=O)O. The molecular formula is C12H16O4. The van der Waals surface area contributed by atoms with E-state index in [0.29, 0.717) is 19.6 Å². The maximum atomic E-state index is 10.4. The molecule has 0 aliphatic rings. The summed E-state index contributed by atoms with van der Waals surface area (Å²) in [5.41, 5.74) is 0. The van der Waals surface area contributed by atoms with E-state index >= 15 is 0 Å². The zero-order valence-corrected chi connectivity index (χ0v) is 9.26. The Kier molecular flexibility index (Phi) is 5.36. The third-order valence-electron chi connectivity index (χ3n) is 2.02. The molecule has 0 unspecified atom stereocenters. The summed E-state index contributed by atoms with van der Waals surface area (Å²) in [5, 5.41) is 8.56. The highest BCUT2D eigenvalue weighted by molar-refractivity contribution is 5.71. The van der Waals surface area contributed by atoms with E-state index in [4.69, 9.17) is 14.6 Å². The molecule has 0 radical (unpaired) electrons. The van der Waals surface area contributed by atoms with Crippen molar-refractivity contribution in [2.24, 2.45) is 0 Å². The van der Waals surface area contributed by atoms with Crippen molar-refractivity contribution in [3.8, 4) is 5.75 Å². The molecule has 4 heteroatoms. The van der Waals surface area contributed by atoms with E-state index in [1.807, 2.05) is 30.3 Å². The monoisotopic (exact) mass is 224 g/mol. The Morgan fingerprint density at radius 2 is 2.00 bits per heavy atom. The van der Waals surface area contributed by atoms with Crippen molar-refractivity contribution in [3.05, 3.63) is 30.3 Å². The van der Waals surface area contributed by atoms with Gasteiger partial charge in [0.05, 0.1) is 13.2 Å². The minimum atomic E-state index is -0.941. The van der Waals surface area contributed by atoms with E-state index in [-0.39, 0.29) is 0 Å². The van der Waals surface area contributed by atoms with E-state index in [0.717, 1.165) is 5.75 Å². The topological polar surface area (TPSA) is 55.8 Å². The van der Waals surface area contributed by atoms with Gasteiger partial charge >= 0.3 is 5.97 Å². The van der Waals surface area contributed by atoms with Crippen molar-refractivity contribution in [2.75, 3.05) is 13.2 Å². The van der Waals surface area contributed by atoms with Crippen molar-refractivity contribution in [3.63, 3.8) is 0 Å². The fourth-order valence-electron chi connectivity index (χ4n) is 1.10. The first-order valence-electron chi connectivity index (χ1n) is 5.22. The van der Waals surface area contributed by atoms with Gasteiger partial charge < -0.3 is 14.6 Å². The van der Waals surface area contributed by atoms with Crippen molar-refractivity contribution in [1.29, 1.82) is 0 Å². The molecule has 0 aliphatic carbocycles. The standard InChI is InChI=1S/C12H16O4/c1-10(12(13)14)15-8-5-9-16-11-6-3-2-4-7-11/h2-4,6-7,10H,5,8-9H2,1H3,(H,13,14)/t10-/m1/s1. The van der Waals surface area contributed by atoms with E-state index in [1.165, 1.54) is 6.92 Å². The summed E-state index contributed by atoms with van der Waals surface area (Å²) in [6.45, 7) is 2.43. The molecule has 0 saturated heterocycles. The smallest absolute Gasteiger partial charge is 0.332 e. The van der Waals surface area contributed by atoms with E-state index in [1.54, 1.807) is 0 Å². The van der Waals surface area contributed by atoms with Crippen molar-refractivity contribution >= 4 is 5.97 Å². The second kappa shape index (κ2) is 6.85. The van der Waals surface area contributed by atoms with Crippen LogP contribution in [0.15, 0.2) is 30.3 Å². The predicted molar refractivity (Wildman–Crippen MR) is 59.6 cm³/mol. The molecule has 0 bridgehead atoms. The molecule has 0 amide bonds. The van der Waals surface area contributed by atoms with Gasteiger partial charge in [-0.25, -0.2) is 4.79 Å². The highest BCUT2D eigenvalue weighted by Gasteiger charge is 2.09. The highest BCUT2D eigenvalue weighted by Crippen LogP contribution is 2.08. The number of carboxylic acids is 1. The Morgan fingerprint density at radius 1 is 1.31 bits per heavy atom. The lowest BCUT2D eigenvalue weighted by atomic mass is 10.3. The van der Waals surface area contributed by atoms with Crippen molar-refractivity contribution in [2.45, 2.75) is 19.4 Å². The summed E-state index contributed by atoms with van der Waals surface area (Å²) in [4.78, 5) is 10.4. The van der Waals surface area contributed by atoms with E-state index in [9.17, 15) is 4.79 Å². The molecule has 1 atom stereocenters. The van der Waals surface area contributed by atoms with Gasteiger partial charge in [-0.3, -0.25) is 0 Å². The molecule has 0 aliphatic heterocycles. The van der Waals surface area contributed by atoms with Crippen LogP contribution < -0.4 is 4.74 Å². The molecule has 4 nitrogen and oxygen atoms in total. The van der Waals surface area contributed by atoms with Gasteiger partial charge in [-0.2, -0.15) is 0 Å². The lowest BCUT2D eigenvalue weighted by molar-refractivity contribution is -0.149. The van der Waals surface area contributed by atoms with Crippen LogP contribution in [0.3, 0.4) is 0 Å². The number of aliphatic carboxylic acids is 1. The summed E-state index contributed by atoms with van der Waals surface area (Å²) < 4.78 is 10.5. The first-order valence-corrected chi connectivity index (χ1v) is 5.22. The quantitative estimate of drug-likeness (QED) is 0.719. The first-order chi connectivity index (χ1) is 7.70. The average molecular weight is 224 g/mol. The third-order valence-corrected chi connectivity index (χ3v) is 2.02. The molecule has 0 aromatic heterocycles. The number of para-hydroxylation sites is 1. The highest BCUT2D eigenvalue weighted by atomic mass is 16.5. The van der Waals surface area contributed by atoms with Crippen LogP contribution in [0.25, 0.3) is 0 Å². The number of benzene rings is 1. The summed E-state index contributed by atoms with van der Waals surface area (Å²) in [6, 6.07) is 9.47. The van der Waals surface area contributed by atoms with Crippen molar-refractivity contribution in [1.82, 2.24) is 0 Å². The molecule has 16 heavy (non-hydrogen) atoms. The minimum Gasteiger partial charge on any atom is -0.494 e. The maximum Gasteiger partial charge on any atom is 0.332 e. The first kappa shape index (κ1) is 12.5. The van der Waals surface area contributed by atoms with Crippen LogP contribution in [0.2, 0.25) is 0 Å². The van der Waals surface area contributed by atoms with Crippen LogP contribution in [-0.2, 0) is 9.53 Å². The van der Waals surface area contributed by atoms with Crippen LogP contribution in [0.5, 0.6) is 5.75 Å². The predicted octanol–water partition coefficient (Wildman–Crippen LogP) is 1.95. The Labute approximate surface area is 94.8 Å². The molecule has 1 aromatic carbocycles. The summed E-state index contributed by atoms with van der Waals surface area (Å²) in [5.74, 6) is -0.127. The second-order valence-corrected chi connectivity index (χ2v) is 3.37. The normalized spacial score (nSPS) is 12.1. The minimum absolute atomic E-state index is 0.389. The summed E-state index contributed by atoms with van der Waals surface area (Å²) in [7, 11) is 0. The molecular weight excluding hydrogens is 208 g/mol. The van der Waals surface area contributed by atoms with Gasteiger partial charge in [0.1, 0.15) is 5.75 Å². The average Bonchev–Trinajstić information content (AvgIpc) is 2.29. The van der Waals surface area contributed by atoms with Crippen LogP contribution in [0, 0.1) is 0 Å². The lowest BCUT2D eigenvalue weighted by Crippen LogP contribution is -2.20. The van der Waals surface area contributed by atoms with Crippen LogP contribution in [0.1, 0.15) is 13.3 Å². The van der Waals surface area contributed by atoms with Gasteiger partial charge in [0.25, 0.3) is 0 Å². The Hall–Kier alpha value is -1.55. The van der Waals surface area contributed by atoms with Gasteiger partial charge in [-0.1, -0.05) is 18.2 Å². The number of hydrogen-bond donors (Lipinski definition) is 1. The Morgan fingerprint density at radius 3 is 2.62 bits per heavy atom. The van der Waals surface area contributed by atoms with Crippen LogP contribution in [0.4, 0.5) is 0 Å². The number of rotatable bonds is 7. The summed E-state index contributed by atoms with van der Waals surface area (Å²) >= 11 is 0. The van der Waals surface area contributed by atoms with Gasteiger partial charge in [0, 0.05) is 6.42 Å². The molecule has 88 valence electrons. The fourth-order valence-corrected chi connectivity index (χ4v) is 1.10. The molecule has 0 saturated carbocycles. The Bertz CT molecular complexity index is 310. The lowest BCUT2D eigenvalue weighted by Gasteiger charge is -2.09. The van der Waals surface area contributed by atoms with Gasteiger partial charge in [-0.05, 0) is 19.1 Å². The molecule has 1 N–H and O–H groups in total. The molecule has 0 fully saturated rings. The number of carbonyl (C=O) groups is 1. The number of ether oxygens (including phenoxy) is 2. The molecule has 1 aromatic rings. The van der Waals surface area contributed by atoms with Crippen molar-refractivity contribution < 1.29 is 19.4 Å². The molecule has 1 rings (SSSR count). The summed E-state index contributed by atoms with van der Waals surface area (Å²) in [6.07, 6.45) is -0.0799. The number of carboxylic acid groups (broad SMARTS) is 1.